The van der Waals surface area contributed by atoms with Crippen LogP contribution in [0, 0.1) is 0 Å². The topological polar surface area (TPSA) is 120 Å². The number of rotatable bonds is 54. The van der Waals surface area contributed by atoms with Gasteiger partial charge in [-0.1, -0.05) is 104 Å². The quantitative estimate of drug-likeness (QED) is 0.0565. The number of ether oxygens (including phenoxy) is 13. The molecule has 13 heteroatoms. The summed E-state index contributed by atoms with van der Waals surface area (Å²) >= 11 is 0. The third kappa shape index (κ3) is 55.5. The van der Waals surface area contributed by atoms with Crippen LogP contribution < -0.4 is 0 Å². The van der Waals surface area contributed by atoms with Crippen molar-refractivity contribution in [3.8, 4) is 0 Å². The zero-order valence-electron chi connectivity index (χ0n) is 37.0. The van der Waals surface area contributed by atoms with Crippen molar-refractivity contribution in [1.82, 2.24) is 0 Å². The molecule has 0 rings (SSSR count). The van der Waals surface area contributed by atoms with Crippen molar-refractivity contribution < 1.29 is 61.6 Å². The van der Waals surface area contributed by atoms with Gasteiger partial charge in [0, 0.05) is 13.2 Å². The standard InChI is InChI=1S/C44H90O13/c1-3-5-7-9-11-13-15-17-19-45-21-23-47-25-27-49-29-31-51-33-35-53-37-39-55-41-43-57-44-42-56-40-38-54-36-34-52-32-30-50-28-26-48-24-22-46-20-18-16-14-12-10-8-6-4-2/h3-44H2,1-2H3. The Bertz CT molecular complexity index is 626. The third-order valence-electron chi connectivity index (χ3n) is 8.75. The largest absolute Gasteiger partial charge is 0.379 e. The predicted molar refractivity (Wildman–Crippen MR) is 226 cm³/mol. The Labute approximate surface area is 349 Å². The molecule has 0 amide bonds. The van der Waals surface area contributed by atoms with Crippen molar-refractivity contribution in [1.29, 1.82) is 0 Å². The first-order valence-corrected chi connectivity index (χ1v) is 22.9. The van der Waals surface area contributed by atoms with E-state index in [4.69, 9.17) is 61.6 Å². The van der Waals surface area contributed by atoms with E-state index < -0.39 is 0 Å². The van der Waals surface area contributed by atoms with Crippen LogP contribution in [0.3, 0.4) is 0 Å². The summed E-state index contributed by atoms with van der Waals surface area (Å²) in [4.78, 5) is 0. The molecular weight excluding hydrogens is 736 g/mol. The van der Waals surface area contributed by atoms with Gasteiger partial charge in [0.2, 0.25) is 0 Å². The van der Waals surface area contributed by atoms with Crippen molar-refractivity contribution in [2.24, 2.45) is 0 Å². The first-order valence-electron chi connectivity index (χ1n) is 22.9. The molecule has 13 nitrogen and oxygen atoms in total. The Morgan fingerprint density at radius 3 is 0.421 bits per heavy atom. The molecule has 0 aliphatic carbocycles. The van der Waals surface area contributed by atoms with Gasteiger partial charge in [-0.15, -0.1) is 0 Å². The van der Waals surface area contributed by atoms with E-state index in [1.54, 1.807) is 0 Å². The van der Waals surface area contributed by atoms with E-state index in [1.807, 2.05) is 0 Å². The highest BCUT2D eigenvalue weighted by Gasteiger charge is 1.98. The summed E-state index contributed by atoms with van der Waals surface area (Å²) in [6.45, 7) is 19.4. The molecule has 0 heterocycles. The summed E-state index contributed by atoms with van der Waals surface area (Å²) in [5, 5.41) is 0. The average Bonchev–Trinajstić information content (AvgIpc) is 3.22. The fourth-order valence-corrected chi connectivity index (χ4v) is 5.42. The van der Waals surface area contributed by atoms with Gasteiger partial charge in [0.1, 0.15) is 0 Å². The number of hydrogen-bond donors (Lipinski definition) is 0. The van der Waals surface area contributed by atoms with Crippen molar-refractivity contribution in [2.45, 2.75) is 117 Å². The molecule has 0 bridgehead atoms. The second-order valence-corrected chi connectivity index (χ2v) is 13.9. The Morgan fingerprint density at radius 2 is 0.263 bits per heavy atom. The minimum atomic E-state index is 0.517. The fraction of sp³-hybridized carbons (Fsp3) is 1.00. The maximum atomic E-state index is 5.63. The highest BCUT2D eigenvalue weighted by molar-refractivity contribution is 4.47. The third-order valence-corrected chi connectivity index (χ3v) is 8.75. The van der Waals surface area contributed by atoms with Gasteiger partial charge in [-0.2, -0.15) is 0 Å². The lowest BCUT2D eigenvalue weighted by Gasteiger charge is -2.09. The minimum Gasteiger partial charge on any atom is -0.379 e. The first-order chi connectivity index (χ1) is 28.4. The van der Waals surface area contributed by atoms with Crippen LogP contribution >= 0.6 is 0 Å². The molecule has 0 spiro atoms. The van der Waals surface area contributed by atoms with Gasteiger partial charge in [-0.3, -0.25) is 0 Å². The second-order valence-electron chi connectivity index (χ2n) is 13.9. The molecule has 0 aromatic heterocycles. The van der Waals surface area contributed by atoms with Crippen molar-refractivity contribution in [3.63, 3.8) is 0 Å². The predicted octanol–water partition coefficient (Wildman–Crippen LogP) is 7.48. The summed E-state index contributed by atoms with van der Waals surface area (Å²) in [7, 11) is 0. The molecule has 0 aromatic carbocycles. The van der Waals surface area contributed by atoms with Crippen LogP contribution in [-0.4, -0.2) is 172 Å². The van der Waals surface area contributed by atoms with E-state index in [0.717, 1.165) is 26.1 Å². The van der Waals surface area contributed by atoms with E-state index >= 15 is 0 Å². The lowest BCUT2D eigenvalue weighted by molar-refractivity contribution is -0.0290. The summed E-state index contributed by atoms with van der Waals surface area (Å²) in [5.74, 6) is 0. The normalized spacial score (nSPS) is 11.7. The molecule has 57 heavy (non-hydrogen) atoms. The fourth-order valence-electron chi connectivity index (χ4n) is 5.42. The van der Waals surface area contributed by atoms with Gasteiger partial charge in [-0.05, 0) is 12.8 Å². The van der Waals surface area contributed by atoms with Crippen LogP contribution in [-0.2, 0) is 61.6 Å². The van der Waals surface area contributed by atoms with Gasteiger partial charge in [0.05, 0.1) is 159 Å². The van der Waals surface area contributed by atoms with Crippen LogP contribution in [0.25, 0.3) is 0 Å². The smallest absolute Gasteiger partial charge is 0.0701 e. The monoisotopic (exact) mass is 827 g/mol. The summed E-state index contributed by atoms with van der Waals surface area (Å²) < 4.78 is 72.1. The molecule has 0 saturated heterocycles. The van der Waals surface area contributed by atoms with E-state index in [9.17, 15) is 0 Å². The summed E-state index contributed by atoms with van der Waals surface area (Å²) in [6, 6.07) is 0. The average molecular weight is 827 g/mol. The molecule has 0 unspecified atom stereocenters. The maximum absolute atomic E-state index is 5.63. The van der Waals surface area contributed by atoms with Gasteiger partial charge >= 0.3 is 0 Å². The highest BCUT2D eigenvalue weighted by Crippen LogP contribution is 2.09. The Hall–Kier alpha value is -0.520. The zero-order chi connectivity index (χ0) is 40.9. The second kappa shape index (κ2) is 55.5. The molecule has 0 aliphatic heterocycles. The Balaban J connectivity index is 3.05. The zero-order valence-corrected chi connectivity index (χ0v) is 37.0. The molecule has 0 aromatic rings. The maximum Gasteiger partial charge on any atom is 0.0701 e. The molecule has 0 N–H and O–H groups in total. The lowest BCUT2D eigenvalue weighted by atomic mass is 10.1. The van der Waals surface area contributed by atoms with Gasteiger partial charge < -0.3 is 61.6 Å². The van der Waals surface area contributed by atoms with Crippen LogP contribution in [0.15, 0.2) is 0 Å². The molecule has 0 radical (unpaired) electrons. The Kier molecular flexibility index (Phi) is 55.0. The summed E-state index contributed by atoms with van der Waals surface area (Å²) in [5.41, 5.74) is 0. The molecule has 0 atom stereocenters. The van der Waals surface area contributed by atoms with Crippen molar-refractivity contribution >= 4 is 0 Å². The molecule has 0 fully saturated rings. The van der Waals surface area contributed by atoms with Crippen LogP contribution in [0.4, 0.5) is 0 Å². The minimum absolute atomic E-state index is 0.517. The van der Waals surface area contributed by atoms with Crippen LogP contribution in [0.5, 0.6) is 0 Å². The van der Waals surface area contributed by atoms with Gasteiger partial charge in [-0.25, -0.2) is 0 Å². The van der Waals surface area contributed by atoms with E-state index in [-0.39, 0.29) is 0 Å². The first kappa shape index (κ1) is 56.5. The highest BCUT2D eigenvalue weighted by atomic mass is 16.6. The number of unbranched alkanes of at least 4 members (excludes halogenated alkanes) is 14. The van der Waals surface area contributed by atoms with Crippen LogP contribution in [0.2, 0.25) is 0 Å². The molecule has 0 saturated carbocycles. The molecular formula is C44H90O13. The SMILES string of the molecule is CCCCCCCCCCOCCOCCOCCOCCOCCOCCOCCOCCOCCOCCOCCOCCOCCCCCCCCCC. The van der Waals surface area contributed by atoms with Gasteiger partial charge in [0.25, 0.3) is 0 Å². The van der Waals surface area contributed by atoms with E-state index in [0.29, 0.717) is 159 Å². The van der Waals surface area contributed by atoms with Crippen LogP contribution in [0.1, 0.15) is 117 Å². The summed E-state index contributed by atoms with van der Waals surface area (Å²) in [6.07, 6.45) is 21.1. The Morgan fingerprint density at radius 1 is 0.140 bits per heavy atom. The number of hydrogen-bond acceptors (Lipinski definition) is 13. The van der Waals surface area contributed by atoms with Crippen molar-refractivity contribution in [2.75, 3.05) is 172 Å². The van der Waals surface area contributed by atoms with E-state index in [1.165, 1.54) is 89.9 Å². The molecule has 0 aliphatic rings. The van der Waals surface area contributed by atoms with Crippen molar-refractivity contribution in [3.05, 3.63) is 0 Å². The van der Waals surface area contributed by atoms with E-state index in [2.05, 4.69) is 13.8 Å². The molecule has 344 valence electrons. The lowest BCUT2D eigenvalue weighted by Crippen LogP contribution is -2.15. The van der Waals surface area contributed by atoms with Gasteiger partial charge in [0.15, 0.2) is 0 Å².